The van der Waals surface area contributed by atoms with Gasteiger partial charge in [-0.05, 0) is 109 Å². The van der Waals surface area contributed by atoms with E-state index >= 15 is 0 Å². The molecule has 290 valence electrons. The van der Waals surface area contributed by atoms with Crippen molar-refractivity contribution in [2.75, 3.05) is 6.61 Å². The van der Waals surface area contributed by atoms with Crippen molar-refractivity contribution in [1.82, 2.24) is 15.0 Å². The van der Waals surface area contributed by atoms with Crippen LogP contribution in [-0.2, 0) is 49.6 Å². The number of pyridine rings is 3. The van der Waals surface area contributed by atoms with E-state index in [0.29, 0.717) is 51.0 Å². The standard InChI is InChI=1S/C17H20N2O3.C16H20N2O.C12H9NO2/c1-2-22-17(21)10-7-14-6-5-13-11-12(4-9-16(18)20)3-8-15(13)19-14;1-11(2)9-14-6-5-13-10-12(4-8-16(17)19)3-7-15(13)18-14;14-12(15)6-4-9-3-5-11-10(8-9)2-1-7-13-11/h3,5-6,8,11H,2,4,7,9-10H2,1H3,(H2,18,20);3,5-7,10-11H,4,8-9H2,1-2H3,(H2,17,19);1-8H,(H,14,15)/b;;6-4+. The van der Waals surface area contributed by atoms with Gasteiger partial charge in [-0.25, -0.2) is 4.79 Å². The molecule has 0 aliphatic rings. The summed E-state index contributed by atoms with van der Waals surface area (Å²) in [4.78, 5) is 56.7. The van der Waals surface area contributed by atoms with E-state index in [-0.39, 0.29) is 17.8 Å². The largest absolute Gasteiger partial charge is 0.478 e. The van der Waals surface area contributed by atoms with Crippen molar-refractivity contribution in [1.29, 1.82) is 0 Å². The van der Waals surface area contributed by atoms with Gasteiger partial charge >= 0.3 is 11.9 Å². The fraction of sp³-hybridized carbons (Fsp3) is 0.267. The Morgan fingerprint density at radius 1 is 0.696 bits per heavy atom. The van der Waals surface area contributed by atoms with Gasteiger partial charge in [0.15, 0.2) is 0 Å². The average molecular weight is 756 g/mol. The zero-order valence-corrected chi connectivity index (χ0v) is 32.1. The molecule has 5 N–H and O–H groups in total. The Morgan fingerprint density at radius 3 is 1.84 bits per heavy atom. The van der Waals surface area contributed by atoms with E-state index in [1.165, 1.54) is 0 Å². The van der Waals surface area contributed by atoms with E-state index in [4.69, 9.17) is 21.3 Å². The second-order valence-electron chi connectivity index (χ2n) is 13.6. The van der Waals surface area contributed by atoms with Gasteiger partial charge in [-0.1, -0.05) is 50.2 Å². The highest BCUT2D eigenvalue weighted by Crippen LogP contribution is 2.19. The first-order chi connectivity index (χ1) is 26.9. The fourth-order valence-electron chi connectivity index (χ4n) is 5.78. The smallest absolute Gasteiger partial charge is 0.328 e. The number of benzene rings is 3. The van der Waals surface area contributed by atoms with Crippen molar-refractivity contribution in [3.8, 4) is 0 Å². The minimum Gasteiger partial charge on any atom is -0.478 e. The zero-order valence-electron chi connectivity index (χ0n) is 32.1. The number of aromatic nitrogens is 3. The number of nitrogens with two attached hydrogens (primary N) is 2. The first-order valence-corrected chi connectivity index (χ1v) is 18.6. The molecule has 2 amide bonds. The van der Waals surface area contributed by atoms with Crippen molar-refractivity contribution >= 4 is 62.5 Å². The van der Waals surface area contributed by atoms with Crippen LogP contribution >= 0.6 is 0 Å². The van der Waals surface area contributed by atoms with Gasteiger partial charge in [0.05, 0.1) is 29.6 Å². The maximum Gasteiger partial charge on any atom is 0.328 e. The lowest BCUT2D eigenvalue weighted by Gasteiger charge is -2.07. The molecule has 11 nitrogen and oxygen atoms in total. The molecule has 0 saturated carbocycles. The number of carboxylic acids is 1. The molecular weight excluding hydrogens is 707 g/mol. The number of carboxylic acid groups (broad SMARTS) is 1. The first-order valence-electron chi connectivity index (χ1n) is 18.6. The number of hydrogen-bond acceptors (Lipinski definition) is 8. The normalized spacial score (nSPS) is 10.9. The number of esters is 1. The van der Waals surface area contributed by atoms with Gasteiger partial charge in [0, 0.05) is 59.1 Å². The van der Waals surface area contributed by atoms with Crippen LogP contribution in [0.3, 0.4) is 0 Å². The summed E-state index contributed by atoms with van der Waals surface area (Å²) in [6.07, 6.45) is 8.39. The number of hydrogen-bond donors (Lipinski definition) is 3. The molecule has 11 heteroatoms. The SMILES string of the molecule is CC(C)Cc1ccc2cc(CCC(N)=O)ccc2n1.CCOC(=O)CCc1ccc2cc(CCC(N)=O)ccc2n1.O=C(O)/C=C/c1ccc2ncccc2c1. The Morgan fingerprint density at radius 2 is 1.27 bits per heavy atom. The van der Waals surface area contributed by atoms with E-state index in [1.54, 1.807) is 19.2 Å². The lowest BCUT2D eigenvalue weighted by Crippen LogP contribution is -2.11. The molecule has 0 saturated heterocycles. The molecule has 0 fully saturated rings. The van der Waals surface area contributed by atoms with Gasteiger partial charge in [0.25, 0.3) is 0 Å². The van der Waals surface area contributed by atoms with Crippen LogP contribution in [-0.4, -0.2) is 50.4 Å². The fourth-order valence-corrected chi connectivity index (χ4v) is 5.78. The van der Waals surface area contributed by atoms with Gasteiger partial charge in [-0.3, -0.25) is 29.3 Å². The van der Waals surface area contributed by atoms with Gasteiger partial charge < -0.3 is 21.3 Å². The van der Waals surface area contributed by atoms with E-state index in [1.807, 2.05) is 72.8 Å². The number of amides is 2. The molecule has 0 aliphatic carbocycles. The second-order valence-corrected chi connectivity index (χ2v) is 13.6. The van der Waals surface area contributed by atoms with Gasteiger partial charge in [0.1, 0.15) is 0 Å². The summed E-state index contributed by atoms with van der Waals surface area (Å²) >= 11 is 0. The zero-order chi connectivity index (χ0) is 40.5. The number of primary amides is 2. The number of aryl methyl sites for hydroxylation is 3. The Hall–Kier alpha value is -6.49. The molecule has 3 aromatic carbocycles. The van der Waals surface area contributed by atoms with Crippen LogP contribution in [0.4, 0.5) is 0 Å². The molecule has 0 bridgehead atoms. The number of carbonyl (C=O) groups is 4. The van der Waals surface area contributed by atoms with Crippen molar-refractivity contribution in [2.45, 2.75) is 65.7 Å². The van der Waals surface area contributed by atoms with Crippen LogP contribution in [0.2, 0.25) is 0 Å². The lowest BCUT2D eigenvalue weighted by atomic mass is 10.0. The molecule has 6 rings (SSSR count). The van der Waals surface area contributed by atoms with Crippen molar-refractivity contribution in [3.63, 3.8) is 0 Å². The first kappa shape index (κ1) is 42.3. The van der Waals surface area contributed by atoms with Crippen LogP contribution in [0, 0.1) is 5.92 Å². The lowest BCUT2D eigenvalue weighted by molar-refractivity contribution is -0.143. The highest BCUT2D eigenvalue weighted by Gasteiger charge is 2.07. The molecule has 6 aromatic rings. The molecule has 0 aliphatic heterocycles. The quantitative estimate of drug-likeness (QED) is 0.0755. The maximum absolute atomic E-state index is 11.4. The number of nitrogens with zero attached hydrogens (tertiary/aromatic N) is 3. The van der Waals surface area contributed by atoms with Crippen LogP contribution in [0.25, 0.3) is 38.8 Å². The summed E-state index contributed by atoms with van der Waals surface area (Å²) in [5.41, 5.74) is 18.2. The van der Waals surface area contributed by atoms with E-state index in [2.05, 4.69) is 47.0 Å². The summed E-state index contributed by atoms with van der Waals surface area (Å²) in [5, 5.41) is 11.6. The molecule has 0 atom stereocenters. The van der Waals surface area contributed by atoms with Crippen LogP contribution in [0.15, 0.2) is 103 Å². The average Bonchev–Trinajstić information content (AvgIpc) is 3.17. The Kier molecular flexibility index (Phi) is 16.2. The molecule has 56 heavy (non-hydrogen) atoms. The van der Waals surface area contributed by atoms with Gasteiger partial charge in [-0.15, -0.1) is 0 Å². The molecule has 0 radical (unpaired) electrons. The Balaban J connectivity index is 0.000000190. The van der Waals surface area contributed by atoms with E-state index < -0.39 is 5.97 Å². The molecule has 3 aromatic heterocycles. The minimum atomic E-state index is -0.943. The summed E-state index contributed by atoms with van der Waals surface area (Å²) in [6.45, 7) is 6.58. The van der Waals surface area contributed by atoms with Crippen LogP contribution in [0.1, 0.15) is 68.1 Å². The molecule has 3 heterocycles. The number of ether oxygens (including phenoxy) is 1. The molecule has 0 unspecified atom stereocenters. The summed E-state index contributed by atoms with van der Waals surface area (Å²) < 4.78 is 4.91. The van der Waals surface area contributed by atoms with E-state index in [0.717, 1.165) is 73.3 Å². The highest BCUT2D eigenvalue weighted by molar-refractivity contribution is 5.87. The number of fused-ring (bicyclic) bond motifs is 3. The van der Waals surface area contributed by atoms with Gasteiger partial charge in [0.2, 0.25) is 11.8 Å². The van der Waals surface area contributed by atoms with Crippen molar-refractivity contribution in [3.05, 3.63) is 131 Å². The topological polar surface area (TPSA) is 188 Å². The summed E-state index contributed by atoms with van der Waals surface area (Å²) in [5.74, 6) is -1.09. The van der Waals surface area contributed by atoms with Gasteiger partial charge in [-0.2, -0.15) is 0 Å². The van der Waals surface area contributed by atoms with Crippen molar-refractivity contribution < 1.29 is 29.0 Å². The number of carbonyl (C=O) groups excluding carboxylic acids is 3. The van der Waals surface area contributed by atoms with Crippen LogP contribution in [0.5, 0.6) is 0 Å². The van der Waals surface area contributed by atoms with Crippen molar-refractivity contribution in [2.24, 2.45) is 17.4 Å². The summed E-state index contributed by atoms with van der Waals surface area (Å²) in [6, 6.07) is 29.5. The minimum absolute atomic E-state index is 0.203. The Labute approximate surface area is 326 Å². The number of aliphatic carboxylic acids is 1. The number of rotatable bonds is 14. The Bertz CT molecular complexity index is 2320. The van der Waals surface area contributed by atoms with E-state index in [9.17, 15) is 19.2 Å². The predicted octanol–water partition coefficient (Wildman–Crippen LogP) is 7.33. The monoisotopic (exact) mass is 755 g/mol. The third-order valence-corrected chi connectivity index (χ3v) is 8.50. The summed E-state index contributed by atoms with van der Waals surface area (Å²) in [7, 11) is 0. The molecular formula is C45H49N5O6. The third-order valence-electron chi connectivity index (χ3n) is 8.50. The van der Waals surface area contributed by atoms with Crippen LogP contribution < -0.4 is 11.5 Å². The predicted molar refractivity (Wildman–Crippen MR) is 220 cm³/mol. The maximum atomic E-state index is 11.4. The highest BCUT2D eigenvalue weighted by atomic mass is 16.5. The second kappa shape index (κ2) is 21.4. The molecule has 0 spiro atoms. The third kappa shape index (κ3) is 14.4.